The molecule has 0 aliphatic rings. The minimum atomic E-state index is -0.273. The summed E-state index contributed by atoms with van der Waals surface area (Å²) in [6.45, 7) is 4.07. The van der Waals surface area contributed by atoms with Crippen molar-refractivity contribution in [1.82, 2.24) is 19.7 Å². The van der Waals surface area contributed by atoms with Crippen molar-refractivity contribution in [2.75, 3.05) is 12.4 Å². The van der Waals surface area contributed by atoms with E-state index < -0.39 is 0 Å². The number of fused-ring (bicyclic) bond motifs is 1. The Hall–Kier alpha value is -2.97. The molecular formula is C20H18ClN5O2S. The van der Waals surface area contributed by atoms with Crippen molar-refractivity contribution in [1.29, 1.82) is 0 Å². The summed E-state index contributed by atoms with van der Waals surface area (Å²) in [6, 6.07) is 7.41. The second-order valence-electron chi connectivity index (χ2n) is 6.66. The standard InChI is InChI=1S/C20H18ClN5O2S/c1-11(2)26-18-13(9-23-26)6-14(8-22-18)19(27)25-20-24-16(10-29-20)12-4-5-17(28-3)15(21)7-12/h4-11H,1-3H3,(H,24,25,27). The van der Waals surface area contributed by atoms with E-state index in [1.165, 1.54) is 11.3 Å². The van der Waals surface area contributed by atoms with E-state index in [1.54, 1.807) is 37.7 Å². The molecule has 0 aliphatic carbocycles. The van der Waals surface area contributed by atoms with E-state index >= 15 is 0 Å². The van der Waals surface area contributed by atoms with Gasteiger partial charge in [-0.15, -0.1) is 11.3 Å². The number of carbonyl (C=O) groups excluding carboxylic acids is 1. The van der Waals surface area contributed by atoms with Gasteiger partial charge in [-0.2, -0.15) is 5.10 Å². The van der Waals surface area contributed by atoms with Gasteiger partial charge in [-0.1, -0.05) is 11.6 Å². The molecule has 7 nitrogen and oxygen atoms in total. The van der Waals surface area contributed by atoms with Crippen LogP contribution in [0.4, 0.5) is 5.13 Å². The van der Waals surface area contributed by atoms with Gasteiger partial charge in [0, 0.05) is 28.6 Å². The van der Waals surface area contributed by atoms with E-state index in [0.717, 1.165) is 22.3 Å². The number of halogens is 1. The number of hydrogen-bond acceptors (Lipinski definition) is 6. The number of ether oxygens (including phenoxy) is 1. The molecule has 0 atom stereocenters. The van der Waals surface area contributed by atoms with Crippen LogP contribution in [0.1, 0.15) is 30.2 Å². The van der Waals surface area contributed by atoms with E-state index in [0.29, 0.717) is 21.5 Å². The molecule has 0 radical (unpaired) electrons. The Labute approximate surface area is 176 Å². The first-order valence-corrected chi connectivity index (χ1v) is 10.2. The zero-order valence-corrected chi connectivity index (χ0v) is 17.6. The maximum Gasteiger partial charge on any atom is 0.259 e. The Morgan fingerprint density at radius 1 is 1.28 bits per heavy atom. The lowest BCUT2D eigenvalue weighted by Crippen LogP contribution is -2.12. The third-order valence-corrected chi connectivity index (χ3v) is 5.41. The number of anilines is 1. The molecular weight excluding hydrogens is 410 g/mol. The quantitative estimate of drug-likeness (QED) is 0.482. The van der Waals surface area contributed by atoms with E-state index in [1.807, 2.05) is 30.0 Å². The lowest BCUT2D eigenvalue weighted by Gasteiger charge is -2.06. The number of aromatic nitrogens is 4. The molecule has 4 rings (SSSR count). The Bertz CT molecular complexity index is 1200. The maximum absolute atomic E-state index is 12.6. The zero-order valence-electron chi connectivity index (χ0n) is 16.0. The second kappa shape index (κ2) is 7.81. The Kier molecular flexibility index (Phi) is 5.21. The summed E-state index contributed by atoms with van der Waals surface area (Å²) < 4.78 is 6.99. The van der Waals surface area contributed by atoms with E-state index in [4.69, 9.17) is 16.3 Å². The minimum Gasteiger partial charge on any atom is -0.495 e. The van der Waals surface area contributed by atoms with Crippen LogP contribution in [0.3, 0.4) is 0 Å². The third-order valence-electron chi connectivity index (χ3n) is 4.36. The number of methoxy groups -OCH3 is 1. The van der Waals surface area contributed by atoms with Gasteiger partial charge in [-0.05, 0) is 38.1 Å². The first-order valence-electron chi connectivity index (χ1n) is 8.90. The number of thiazole rings is 1. The lowest BCUT2D eigenvalue weighted by atomic mass is 10.2. The minimum absolute atomic E-state index is 0.194. The monoisotopic (exact) mass is 427 g/mol. The van der Waals surface area contributed by atoms with Crippen molar-refractivity contribution in [2.24, 2.45) is 0 Å². The normalized spacial score (nSPS) is 11.2. The molecule has 0 aliphatic heterocycles. The number of rotatable bonds is 5. The highest BCUT2D eigenvalue weighted by Gasteiger charge is 2.14. The smallest absolute Gasteiger partial charge is 0.259 e. The number of nitrogens with zero attached hydrogens (tertiary/aromatic N) is 4. The fourth-order valence-corrected chi connectivity index (χ4v) is 3.87. The fourth-order valence-electron chi connectivity index (χ4n) is 2.90. The first kappa shape index (κ1) is 19.4. The summed E-state index contributed by atoms with van der Waals surface area (Å²) in [5, 5.41) is 10.8. The molecule has 0 spiro atoms. The number of pyridine rings is 1. The molecule has 1 aromatic carbocycles. The molecule has 0 unspecified atom stereocenters. The number of hydrogen-bond donors (Lipinski definition) is 1. The van der Waals surface area contributed by atoms with Crippen LogP contribution in [-0.2, 0) is 0 Å². The van der Waals surface area contributed by atoms with Crippen LogP contribution in [-0.4, -0.2) is 32.8 Å². The van der Waals surface area contributed by atoms with E-state index in [9.17, 15) is 4.79 Å². The van der Waals surface area contributed by atoms with Gasteiger partial charge in [-0.3, -0.25) is 10.1 Å². The molecule has 3 aromatic heterocycles. The molecule has 3 heterocycles. The summed E-state index contributed by atoms with van der Waals surface area (Å²) in [5.41, 5.74) is 2.77. The van der Waals surface area contributed by atoms with Crippen LogP contribution < -0.4 is 10.1 Å². The highest BCUT2D eigenvalue weighted by atomic mass is 35.5. The number of benzene rings is 1. The van der Waals surface area contributed by atoms with Crippen LogP contribution in [0.2, 0.25) is 5.02 Å². The van der Waals surface area contributed by atoms with Crippen molar-refractivity contribution in [3.05, 3.63) is 52.6 Å². The molecule has 148 valence electrons. The molecule has 4 aromatic rings. The van der Waals surface area contributed by atoms with Crippen LogP contribution in [0.15, 0.2) is 42.0 Å². The first-order chi connectivity index (χ1) is 14.0. The number of amides is 1. The van der Waals surface area contributed by atoms with Crippen LogP contribution >= 0.6 is 22.9 Å². The van der Waals surface area contributed by atoms with Crippen LogP contribution in [0.25, 0.3) is 22.3 Å². The second-order valence-corrected chi connectivity index (χ2v) is 7.93. The Morgan fingerprint density at radius 3 is 2.83 bits per heavy atom. The van der Waals surface area contributed by atoms with Crippen LogP contribution in [0, 0.1) is 0 Å². The Morgan fingerprint density at radius 2 is 2.10 bits per heavy atom. The summed E-state index contributed by atoms with van der Waals surface area (Å²) in [6.07, 6.45) is 3.27. The Balaban J connectivity index is 1.53. The fraction of sp³-hybridized carbons (Fsp3) is 0.200. The zero-order chi connectivity index (χ0) is 20.5. The topological polar surface area (TPSA) is 81.9 Å². The number of nitrogens with one attached hydrogen (secondary N) is 1. The SMILES string of the molecule is COc1ccc(-c2csc(NC(=O)c3cnc4c(cnn4C(C)C)c3)n2)cc1Cl. The molecule has 29 heavy (non-hydrogen) atoms. The van der Waals surface area contributed by atoms with Crippen molar-refractivity contribution in [3.8, 4) is 17.0 Å². The largest absolute Gasteiger partial charge is 0.495 e. The van der Waals surface area contributed by atoms with Crippen molar-refractivity contribution in [3.63, 3.8) is 0 Å². The number of carbonyl (C=O) groups is 1. The predicted octanol–water partition coefficient (Wildman–Crippen LogP) is 5.05. The van der Waals surface area contributed by atoms with E-state index in [2.05, 4.69) is 20.4 Å². The highest BCUT2D eigenvalue weighted by molar-refractivity contribution is 7.14. The van der Waals surface area contributed by atoms with Crippen LogP contribution in [0.5, 0.6) is 5.75 Å². The van der Waals surface area contributed by atoms with E-state index in [-0.39, 0.29) is 11.9 Å². The predicted molar refractivity (Wildman–Crippen MR) is 115 cm³/mol. The van der Waals surface area contributed by atoms with Gasteiger partial charge in [0.2, 0.25) is 0 Å². The average Bonchev–Trinajstić information content (AvgIpc) is 3.34. The van der Waals surface area contributed by atoms with Gasteiger partial charge in [0.1, 0.15) is 5.75 Å². The van der Waals surface area contributed by atoms with Crippen molar-refractivity contribution in [2.45, 2.75) is 19.9 Å². The molecule has 1 N–H and O–H groups in total. The van der Waals surface area contributed by atoms with Gasteiger partial charge in [-0.25, -0.2) is 14.6 Å². The maximum atomic E-state index is 12.6. The van der Waals surface area contributed by atoms with Gasteiger partial charge in [0.05, 0.1) is 29.6 Å². The molecule has 9 heteroatoms. The van der Waals surface area contributed by atoms with Crippen molar-refractivity contribution < 1.29 is 9.53 Å². The summed E-state index contributed by atoms with van der Waals surface area (Å²) in [4.78, 5) is 21.5. The van der Waals surface area contributed by atoms with Gasteiger partial charge in [0.15, 0.2) is 10.8 Å². The summed E-state index contributed by atoms with van der Waals surface area (Å²) >= 11 is 7.53. The molecule has 0 saturated carbocycles. The van der Waals surface area contributed by atoms with Gasteiger partial charge < -0.3 is 4.74 Å². The molecule has 1 amide bonds. The summed E-state index contributed by atoms with van der Waals surface area (Å²) in [5.74, 6) is 0.327. The average molecular weight is 428 g/mol. The molecule has 0 saturated heterocycles. The van der Waals surface area contributed by atoms with Gasteiger partial charge in [0.25, 0.3) is 5.91 Å². The third kappa shape index (κ3) is 3.81. The van der Waals surface area contributed by atoms with Gasteiger partial charge >= 0.3 is 0 Å². The molecule has 0 fully saturated rings. The summed E-state index contributed by atoms with van der Waals surface area (Å²) in [7, 11) is 1.57. The van der Waals surface area contributed by atoms with Crippen molar-refractivity contribution >= 4 is 45.0 Å². The highest BCUT2D eigenvalue weighted by Crippen LogP contribution is 2.32. The lowest BCUT2D eigenvalue weighted by molar-refractivity contribution is 0.102. The molecule has 0 bridgehead atoms.